The van der Waals surface area contributed by atoms with Gasteiger partial charge in [-0.1, -0.05) is 371 Å². The fourth-order valence-electron chi connectivity index (χ4n) is 13.4. The number of benzene rings is 18. The first-order chi connectivity index (χ1) is 53.7. The van der Waals surface area contributed by atoms with Crippen molar-refractivity contribution in [2.24, 2.45) is 0 Å². The van der Waals surface area contributed by atoms with Crippen molar-refractivity contribution in [1.82, 2.24) is 0 Å². The molecule has 108 heavy (non-hydrogen) atoms. The van der Waals surface area contributed by atoms with E-state index < -0.39 is 0 Å². The van der Waals surface area contributed by atoms with Crippen LogP contribution >= 0.6 is 0 Å². The van der Waals surface area contributed by atoms with Crippen molar-refractivity contribution >= 4 is 133 Å². The lowest BCUT2D eigenvalue weighted by Crippen LogP contribution is -2.10. The molecule has 18 aromatic carbocycles. The molecule has 18 aromatic rings. The molecule has 0 N–H and O–H groups in total. The highest BCUT2D eigenvalue weighted by Crippen LogP contribution is 2.44. The minimum Gasteiger partial charge on any atom is -0.310 e. The molecule has 532 valence electrons. The minimum absolute atomic E-state index is 1.16. The lowest BCUT2D eigenvalue weighted by Gasteiger charge is -2.28. The van der Waals surface area contributed by atoms with Crippen molar-refractivity contribution in [3.63, 3.8) is 0 Å². The topological polar surface area (TPSA) is 13.0 Å². The number of hydrogen-bond donors (Lipinski definition) is 0. The molecular formula is C104H96N4. The number of rotatable bonds is 12. The molecule has 0 amide bonds. The SMILES string of the molecule is CC.CC.CC.CC.c1ccc(N(c2ccc3ccccc3c2)c2cccc3ccccc23)cc1.c1ccc(N(c2cccc3ccccc23)c2cccc3ccccc23)cc1.c1ccc(N(c2ccccc2)c2ccc3ccccc3c2)cc1.c1ccc(N(c2ccccc2)c2cccc3ccccc23)cc1. The van der Waals surface area contributed by atoms with Crippen LogP contribution in [0.15, 0.2) is 437 Å². The van der Waals surface area contributed by atoms with Crippen LogP contribution in [0.3, 0.4) is 0 Å². The third kappa shape index (κ3) is 18.3. The molecule has 0 aliphatic heterocycles. The summed E-state index contributed by atoms with van der Waals surface area (Å²) in [6, 6.07) is 154. The molecule has 0 aromatic heterocycles. The van der Waals surface area contributed by atoms with Crippen LogP contribution < -0.4 is 19.6 Å². The van der Waals surface area contributed by atoms with Gasteiger partial charge in [0, 0.05) is 67.0 Å². The molecule has 0 aliphatic rings. The summed E-state index contributed by atoms with van der Waals surface area (Å²) >= 11 is 0. The van der Waals surface area contributed by atoms with Crippen molar-refractivity contribution in [2.75, 3.05) is 19.6 Å². The molecule has 0 bridgehead atoms. The monoisotopic (exact) mass is 1400 g/mol. The van der Waals surface area contributed by atoms with E-state index in [1.807, 2.05) is 67.5 Å². The zero-order valence-electron chi connectivity index (χ0n) is 63.4. The van der Waals surface area contributed by atoms with Crippen LogP contribution in [0.5, 0.6) is 0 Å². The van der Waals surface area contributed by atoms with Crippen LogP contribution in [0.4, 0.5) is 68.2 Å². The Balaban J connectivity index is 0.000000139. The Hall–Kier alpha value is -13.3. The van der Waals surface area contributed by atoms with Gasteiger partial charge in [-0.2, -0.15) is 0 Å². The molecule has 0 unspecified atom stereocenters. The van der Waals surface area contributed by atoms with Gasteiger partial charge in [0.25, 0.3) is 0 Å². The van der Waals surface area contributed by atoms with E-state index >= 15 is 0 Å². The van der Waals surface area contributed by atoms with Crippen LogP contribution in [0, 0.1) is 0 Å². The van der Waals surface area contributed by atoms with Crippen LogP contribution in [-0.4, -0.2) is 0 Å². The summed E-state index contributed by atoms with van der Waals surface area (Å²) < 4.78 is 0. The average molecular weight is 1400 g/mol. The Kier molecular flexibility index (Phi) is 27.8. The highest BCUT2D eigenvalue weighted by Gasteiger charge is 2.20. The number of fused-ring (bicyclic) bond motifs is 6. The Bertz CT molecular complexity index is 5500. The third-order valence-electron chi connectivity index (χ3n) is 18.1. The predicted molar refractivity (Wildman–Crippen MR) is 475 cm³/mol. The molecule has 18 rings (SSSR count). The van der Waals surface area contributed by atoms with Gasteiger partial charge in [0.15, 0.2) is 0 Å². The minimum atomic E-state index is 1.16. The van der Waals surface area contributed by atoms with E-state index in [1.54, 1.807) is 0 Å². The van der Waals surface area contributed by atoms with E-state index in [0.29, 0.717) is 0 Å². The lowest BCUT2D eigenvalue weighted by molar-refractivity contribution is 1.29. The molecule has 0 atom stereocenters. The van der Waals surface area contributed by atoms with Crippen molar-refractivity contribution in [1.29, 1.82) is 0 Å². The molecule has 4 heteroatoms. The van der Waals surface area contributed by atoms with Crippen molar-refractivity contribution < 1.29 is 0 Å². The van der Waals surface area contributed by atoms with Gasteiger partial charge in [0.2, 0.25) is 0 Å². The number of nitrogens with zero attached hydrogens (tertiary/aromatic N) is 4. The van der Waals surface area contributed by atoms with Crippen LogP contribution in [-0.2, 0) is 0 Å². The van der Waals surface area contributed by atoms with Gasteiger partial charge in [-0.25, -0.2) is 0 Å². The predicted octanol–water partition coefficient (Wildman–Crippen LogP) is 31.6. The molecule has 0 heterocycles. The molecule has 0 spiro atoms. The van der Waals surface area contributed by atoms with Crippen molar-refractivity contribution in [3.05, 3.63) is 437 Å². The third-order valence-corrected chi connectivity index (χ3v) is 18.1. The Morgan fingerprint density at radius 1 is 0.120 bits per heavy atom. The quantitative estimate of drug-likeness (QED) is 0.121. The van der Waals surface area contributed by atoms with Gasteiger partial charge in [-0.3, -0.25) is 0 Å². The normalized spacial score (nSPS) is 10.2. The highest BCUT2D eigenvalue weighted by molar-refractivity contribution is 6.06. The van der Waals surface area contributed by atoms with Gasteiger partial charge in [0.1, 0.15) is 0 Å². The molecule has 0 saturated carbocycles. The zero-order valence-corrected chi connectivity index (χ0v) is 63.4. The van der Waals surface area contributed by atoms with E-state index in [4.69, 9.17) is 0 Å². The number of hydrogen-bond acceptors (Lipinski definition) is 4. The second kappa shape index (κ2) is 39.6. The summed E-state index contributed by atoms with van der Waals surface area (Å²) in [4.78, 5) is 9.30. The number of para-hydroxylation sites is 6. The van der Waals surface area contributed by atoms with E-state index in [9.17, 15) is 0 Å². The molecule has 0 aliphatic carbocycles. The zero-order chi connectivity index (χ0) is 75.1. The fraction of sp³-hybridized carbons (Fsp3) is 0.0769. The van der Waals surface area contributed by atoms with E-state index in [2.05, 4.69) is 444 Å². The van der Waals surface area contributed by atoms with Crippen LogP contribution in [0.1, 0.15) is 55.4 Å². The Labute approximate surface area is 640 Å². The summed E-state index contributed by atoms with van der Waals surface area (Å²) in [6.45, 7) is 16.0. The van der Waals surface area contributed by atoms with Crippen LogP contribution in [0.25, 0.3) is 64.6 Å². The van der Waals surface area contributed by atoms with E-state index in [-0.39, 0.29) is 0 Å². The lowest BCUT2D eigenvalue weighted by atomic mass is 10.0. The first-order valence-corrected chi connectivity index (χ1v) is 38.1. The van der Waals surface area contributed by atoms with Crippen LogP contribution in [0.2, 0.25) is 0 Å². The Morgan fingerprint density at radius 3 is 0.583 bits per heavy atom. The summed E-state index contributed by atoms with van der Waals surface area (Å²) in [5.41, 5.74) is 14.1. The summed E-state index contributed by atoms with van der Waals surface area (Å²) in [7, 11) is 0. The summed E-state index contributed by atoms with van der Waals surface area (Å²) in [5.74, 6) is 0. The average Bonchev–Trinajstić information content (AvgIpc) is 0.756. The molecule has 0 fully saturated rings. The Morgan fingerprint density at radius 2 is 0.306 bits per heavy atom. The standard InChI is InChI=1S/2C26H19N.2C22H17N.4C2H6/c1-2-14-22(15-3-1)27(25-18-8-12-20-10-4-6-16-23(20)25)26-19-9-13-21-11-5-7-17-24(21)26;1-2-13-23(14-3-1)27(24-18-17-20-9-4-5-11-22(20)19-24)26-16-8-12-21-10-6-7-15-25(21)26;1-3-12-19(13-4-1)23(20-14-5-2-6-15-20)22-17-9-11-18-10-7-8-16-21(18)22;1-3-11-20(12-4-1)23(21-13-5-2-6-14-21)22-16-15-18-9-7-8-10-19(18)17-22;4*1-2/h2*1-19H;2*1-17H;4*1-2H3. The number of anilines is 12. The fourth-order valence-corrected chi connectivity index (χ4v) is 13.4. The van der Waals surface area contributed by atoms with Gasteiger partial charge in [0.05, 0.1) is 22.7 Å². The van der Waals surface area contributed by atoms with Crippen molar-refractivity contribution in [3.8, 4) is 0 Å². The highest BCUT2D eigenvalue weighted by atomic mass is 15.2. The van der Waals surface area contributed by atoms with Gasteiger partial charge in [-0.05, 0) is 164 Å². The second-order valence-electron chi connectivity index (χ2n) is 24.4. The maximum absolute atomic E-state index is 2.37. The van der Waals surface area contributed by atoms with Gasteiger partial charge >= 0.3 is 0 Å². The maximum Gasteiger partial charge on any atom is 0.0540 e. The molecular weight excluding hydrogens is 1310 g/mol. The van der Waals surface area contributed by atoms with Gasteiger partial charge in [-0.15, -0.1) is 0 Å². The first kappa shape index (κ1) is 75.9. The van der Waals surface area contributed by atoms with E-state index in [1.165, 1.54) is 93.1 Å². The summed E-state index contributed by atoms with van der Waals surface area (Å²) in [5, 5.41) is 15.0. The smallest absolute Gasteiger partial charge is 0.0540 e. The molecule has 0 saturated heterocycles. The molecule has 0 radical (unpaired) electrons. The summed E-state index contributed by atoms with van der Waals surface area (Å²) in [6.07, 6.45) is 0. The van der Waals surface area contributed by atoms with Gasteiger partial charge < -0.3 is 19.6 Å². The largest absolute Gasteiger partial charge is 0.310 e. The molecule has 4 nitrogen and oxygen atoms in total. The first-order valence-electron chi connectivity index (χ1n) is 38.1. The van der Waals surface area contributed by atoms with E-state index in [0.717, 1.165) is 39.8 Å². The van der Waals surface area contributed by atoms with Crippen molar-refractivity contribution in [2.45, 2.75) is 55.4 Å². The second-order valence-corrected chi connectivity index (χ2v) is 24.4. The maximum atomic E-state index is 2.37.